The number of nitrogens with zero attached hydrogens (tertiary/aromatic N) is 3. The van der Waals surface area contributed by atoms with Crippen molar-refractivity contribution in [3.8, 4) is 5.75 Å². The molecule has 0 radical (unpaired) electrons. The fourth-order valence-corrected chi connectivity index (χ4v) is 7.39. The van der Waals surface area contributed by atoms with E-state index in [4.69, 9.17) is 9.47 Å². The number of ether oxygens (including phenoxy) is 2. The molecule has 2 N–H and O–H groups in total. The van der Waals surface area contributed by atoms with Crippen LogP contribution in [0.1, 0.15) is 44.3 Å². The van der Waals surface area contributed by atoms with Gasteiger partial charge < -0.3 is 24.7 Å². The SMILES string of the molecule is Cl.O=C(C1CCNCC1)N1CC(N2CCC(COc3cc(F)c4c(=O)[nH]c(CSC5CCOCC5)nc4c3)CC2)C1. The van der Waals surface area contributed by atoms with E-state index < -0.39 is 11.4 Å². The Morgan fingerprint density at radius 1 is 1.10 bits per heavy atom. The maximum atomic E-state index is 14.9. The molecule has 0 atom stereocenters. The maximum Gasteiger partial charge on any atom is 0.261 e. The monoisotopic (exact) mass is 609 g/mol. The zero-order valence-corrected chi connectivity index (χ0v) is 25.1. The van der Waals surface area contributed by atoms with Gasteiger partial charge in [0.1, 0.15) is 22.8 Å². The highest BCUT2D eigenvalue weighted by atomic mass is 35.5. The molecule has 0 bridgehead atoms. The molecule has 0 unspecified atom stereocenters. The lowest BCUT2D eigenvalue weighted by atomic mass is 9.92. The minimum Gasteiger partial charge on any atom is -0.493 e. The summed E-state index contributed by atoms with van der Waals surface area (Å²) < 4.78 is 26.3. The van der Waals surface area contributed by atoms with Crippen LogP contribution in [0.15, 0.2) is 16.9 Å². The number of fused-ring (bicyclic) bond motifs is 1. The number of hydrogen-bond donors (Lipinski definition) is 2. The fourth-order valence-electron chi connectivity index (χ4n) is 6.33. The van der Waals surface area contributed by atoms with E-state index in [1.165, 1.54) is 6.07 Å². The predicted octanol–water partition coefficient (Wildman–Crippen LogP) is 3.20. The molecule has 0 aliphatic carbocycles. The minimum atomic E-state index is -0.603. The Morgan fingerprint density at radius 2 is 1.83 bits per heavy atom. The van der Waals surface area contributed by atoms with Crippen molar-refractivity contribution in [1.82, 2.24) is 25.1 Å². The molecule has 0 spiro atoms. The highest BCUT2D eigenvalue weighted by molar-refractivity contribution is 7.99. The Kier molecular flexibility index (Phi) is 10.5. The van der Waals surface area contributed by atoms with E-state index in [1.807, 2.05) is 4.90 Å². The first kappa shape index (κ1) is 30.5. The topological polar surface area (TPSA) is 99.8 Å². The molecule has 1 amide bonds. The number of hydrogen-bond acceptors (Lipinski definition) is 8. The average Bonchev–Trinajstić information content (AvgIpc) is 2.95. The van der Waals surface area contributed by atoms with Crippen LogP contribution in [0.25, 0.3) is 10.9 Å². The van der Waals surface area contributed by atoms with Crippen LogP contribution in [-0.4, -0.2) is 96.1 Å². The van der Waals surface area contributed by atoms with E-state index in [1.54, 1.807) is 17.8 Å². The van der Waals surface area contributed by atoms with E-state index in [-0.39, 0.29) is 23.7 Å². The van der Waals surface area contributed by atoms with Crippen LogP contribution in [0.3, 0.4) is 0 Å². The summed E-state index contributed by atoms with van der Waals surface area (Å²) in [6, 6.07) is 3.45. The van der Waals surface area contributed by atoms with E-state index in [0.29, 0.717) is 52.6 Å². The standard InChI is InChI=1S/C29H40FN5O4S.ClH/c30-24-13-22(14-25-27(24)28(36)33-26(32-25)18-40-23-5-11-38-12-6-23)39-17-19-3-9-34(10-4-19)21-15-35(16-21)29(37)20-1-7-31-8-2-20;/h13-14,19-21,23,31H,1-12,15-18H2,(H,32,33,36);1H. The van der Waals surface area contributed by atoms with Gasteiger partial charge in [0.25, 0.3) is 5.56 Å². The summed E-state index contributed by atoms with van der Waals surface area (Å²) in [6.45, 7) is 7.62. The number of H-pyrrole nitrogens is 1. The summed E-state index contributed by atoms with van der Waals surface area (Å²) in [4.78, 5) is 37.2. The lowest BCUT2D eigenvalue weighted by Crippen LogP contribution is -2.63. The van der Waals surface area contributed by atoms with E-state index in [0.717, 1.165) is 91.0 Å². The second-order valence-electron chi connectivity index (χ2n) is 11.6. The van der Waals surface area contributed by atoms with E-state index >= 15 is 0 Å². The number of carbonyl (C=O) groups is 1. The molecular formula is C29H41ClFN5O4S. The zero-order chi connectivity index (χ0) is 27.5. The Morgan fingerprint density at radius 3 is 2.56 bits per heavy atom. The largest absolute Gasteiger partial charge is 0.493 e. The number of carbonyl (C=O) groups excluding carboxylic acids is 1. The highest BCUT2D eigenvalue weighted by Crippen LogP contribution is 2.28. The zero-order valence-electron chi connectivity index (χ0n) is 23.4. The van der Waals surface area contributed by atoms with Gasteiger partial charge in [-0.3, -0.25) is 14.5 Å². The van der Waals surface area contributed by atoms with Gasteiger partial charge in [-0.05, 0) is 70.6 Å². The molecule has 4 fully saturated rings. The molecule has 4 saturated heterocycles. The van der Waals surface area contributed by atoms with Crippen molar-refractivity contribution in [3.63, 3.8) is 0 Å². The minimum absolute atomic E-state index is 0. The van der Waals surface area contributed by atoms with Crippen LogP contribution >= 0.6 is 24.2 Å². The van der Waals surface area contributed by atoms with Gasteiger partial charge in [0.05, 0.1) is 17.9 Å². The van der Waals surface area contributed by atoms with Crippen molar-refractivity contribution < 1.29 is 18.7 Å². The van der Waals surface area contributed by atoms with Gasteiger partial charge in [-0.1, -0.05) is 0 Å². The molecule has 5 heterocycles. The van der Waals surface area contributed by atoms with Crippen molar-refractivity contribution >= 4 is 41.0 Å². The number of benzene rings is 1. The van der Waals surface area contributed by atoms with Gasteiger partial charge in [0, 0.05) is 55.6 Å². The predicted molar refractivity (Wildman–Crippen MR) is 160 cm³/mol. The van der Waals surface area contributed by atoms with Crippen molar-refractivity contribution in [3.05, 3.63) is 34.1 Å². The number of aromatic nitrogens is 2. The summed E-state index contributed by atoms with van der Waals surface area (Å²) in [5.74, 6) is 1.87. The van der Waals surface area contributed by atoms with Crippen LogP contribution in [0.2, 0.25) is 0 Å². The van der Waals surface area contributed by atoms with Crippen molar-refractivity contribution in [2.24, 2.45) is 11.8 Å². The molecule has 0 saturated carbocycles. The highest BCUT2D eigenvalue weighted by Gasteiger charge is 2.38. The van der Waals surface area contributed by atoms with Crippen LogP contribution in [0, 0.1) is 17.7 Å². The lowest BCUT2D eigenvalue weighted by Gasteiger charge is -2.48. The molecule has 4 aliphatic heterocycles. The van der Waals surface area contributed by atoms with Gasteiger partial charge in [-0.15, -0.1) is 12.4 Å². The third kappa shape index (κ3) is 7.36. The number of piperidine rings is 2. The average molecular weight is 610 g/mol. The second-order valence-corrected chi connectivity index (χ2v) is 12.9. The summed E-state index contributed by atoms with van der Waals surface area (Å²) in [5.41, 5.74) is -0.110. The van der Waals surface area contributed by atoms with Crippen molar-refractivity contribution in [1.29, 1.82) is 0 Å². The first-order valence-corrected chi connectivity index (χ1v) is 15.9. The Hall–Kier alpha value is -1.92. The Bertz CT molecular complexity index is 1240. The third-order valence-corrected chi connectivity index (χ3v) is 10.3. The molecular weight excluding hydrogens is 569 g/mol. The van der Waals surface area contributed by atoms with E-state index in [2.05, 4.69) is 20.2 Å². The number of amides is 1. The molecule has 1 aromatic heterocycles. The number of rotatable bonds is 8. The van der Waals surface area contributed by atoms with Crippen molar-refractivity contribution in [2.75, 3.05) is 59.1 Å². The summed E-state index contributed by atoms with van der Waals surface area (Å²) in [5, 5.41) is 3.80. The summed E-state index contributed by atoms with van der Waals surface area (Å²) in [7, 11) is 0. The van der Waals surface area contributed by atoms with Crippen LogP contribution in [-0.2, 0) is 15.3 Å². The quantitative estimate of drug-likeness (QED) is 0.471. The van der Waals surface area contributed by atoms with Gasteiger partial charge in [0.15, 0.2) is 0 Å². The Balaban J connectivity index is 0.00000337. The molecule has 41 heavy (non-hydrogen) atoms. The van der Waals surface area contributed by atoms with Gasteiger partial charge >= 0.3 is 0 Å². The number of aromatic amines is 1. The number of likely N-dealkylation sites (tertiary alicyclic amines) is 2. The number of thioether (sulfide) groups is 1. The molecule has 226 valence electrons. The van der Waals surface area contributed by atoms with E-state index in [9.17, 15) is 14.0 Å². The third-order valence-electron chi connectivity index (χ3n) is 8.92. The van der Waals surface area contributed by atoms with Crippen molar-refractivity contribution in [2.45, 2.75) is 55.6 Å². The van der Waals surface area contributed by atoms with Gasteiger partial charge in [-0.2, -0.15) is 11.8 Å². The molecule has 12 heteroatoms. The smallest absolute Gasteiger partial charge is 0.261 e. The summed E-state index contributed by atoms with van der Waals surface area (Å²) >= 11 is 1.76. The maximum absolute atomic E-state index is 14.9. The van der Waals surface area contributed by atoms with Crippen LogP contribution in [0.5, 0.6) is 5.75 Å². The van der Waals surface area contributed by atoms with Crippen LogP contribution in [0.4, 0.5) is 4.39 Å². The lowest BCUT2D eigenvalue weighted by molar-refractivity contribution is -0.144. The summed E-state index contributed by atoms with van der Waals surface area (Å²) in [6.07, 6.45) is 5.92. The molecule has 4 aliphatic rings. The molecule has 9 nitrogen and oxygen atoms in total. The normalized spacial score (nSPS) is 21.9. The number of nitrogens with one attached hydrogen (secondary N) is 2. The van der Waals surface area contributed by atoms with Gasteiger partial charge in [-0.25, -0.2) is 9.37 Å². The fraction of sp³-hybridized carbons (Fsp3) is 0.690. The van der Waals surface area contributed by atoms with Crippen LogP contribution < -0.4 is 15.6 Å². The first-order valence-electron chi connectivity index (χ1n) is 14.8. The first-order chi connectivity index (χ1) is 19.5. The number of halogens is 2. The molecule has 6 rings (SSSR count). The molecule has 1 aromatic carbocycles. The Labute approximate surface area is 250 Å². The second kappa shape index (κ2) is 14.0. The molecule has 2 aromatic rings. The van der Waals surface area contributed by atoms with Gasteiger partial charge in [0.2, 0.25) is 5.91 Å².